The highest BCUT2D eigenvalue weighted by Crippen LogP contribution is 2.50. The number of aromatic amines is 1. The molecule has 1 spiro atoms. The van der Waals surface area contributed by atoms with E-state index >= 15 is 0 Å². The largest absolute Gasteiger partial charge is 0.490 e. The summed E-state index contributed by atoms with van der Waals surface area (Å²) in [5.41, 5.74) is 7.34. The van der Waals surface area contributed by atoms with E-state index in [-0.39, 0.29) is 24.6 Å². The Morgan fingerprint density at radius 3 is 2.44 bits per heavy atom. The van der Waals surface area contributed by atoms with Crippen molar-refractivity contribution in [1.29, 1.82) is 0 Å². The fraction of sp³-hybridized carbons (Fsp3) is 0.318. The van der Waals surface area contributed by atoms with Gasteiger partial charge in [-0.15, -0.1) is 0 Å². The molecule has 2 fully saturated rings. The first kappa shape index (κ1) is 22.9. The Hall–Kier alpha value is -2.82. The van der Waals surface area contributed by atoms with Gasteiger partial charge < -0.3 is 14.6 Å². The first-order valence-electron chi connectivity index (χ1n) is 10.4. The van der Waals surface area contributed by atoms with Gasteiger partial charge in [0.25, 0.3) is 0 Å². The summed E-state index contributed by atoms with van der Waals surface area (Å²) in [4.78, 5) is 20.5. The van der Waals surface area contributed by atoms with Crippen LogP contribution in [0, 0.1) is 5.41 Å². The molecule has 7 nitrogen and oxygen atoms in total. The Bertz CT molecular complexity index is 1220. The lowest BCUT2D eigenvalue weighted by Gasteiger charge is -2.58. The van der Waals surface area contributed by atoms with E-state index in [0.717, 1.165) is 4.90 Å². The van der Waals surface area contributed by atoms with Crippen molar-refractivity contribution >= 4 is 51.4 Å². The second kappa shape index (κ2) is 8.44. The summed E-state index contributed by atoms with van der Waals surface area (Å²) < 4.78 is 43.4. The maximum absolute atomic E-state index is 12.5. The molecule has 1 aliphatic heterocycles. The molecule has 0 atom stereocenters. The van der Waals surface area contributed by atoms with E-state index in [9.17, 15) is 18.0 Å². The van der Waals surface area contributed by atoms with Crippen LogP contribution in [0.2, 0.25) is 10.0 Å². The fourth-order valence-corrected chi connectivity index (χ4v) is 5.08. The third-order valence-corrected chi connectivity index (χ3v) is 6.74. The quantitative estimate of drug-likeness (QED) is 0.363. The van der Waals surface area contributed by atoms with Crippen LogP contribution in [0.25, 0.3) is 10.9 Å². The lowest BCUT2D eigenvalue weighted by atomic mass is 9.61. The number of aromatic nitrogens is 1. The van der Waals surface area contributed by atoms with Crippen molar-refractivity contribution in [3.05, 3.63) is 52.6 Å². The molecule has 0 radical (unpaired) electrons. The van der Waals surface area contributed by atoms with Gasteiger partial charge in [0, 0.05) is 30.1 Å². The topological polar surface area (TPSA) is 78.6 Å². The van der Waals surface area contributed by atoms with Gasteiger partial charge in [0.05, 0.1) is 26.9 Å². The summed E-state index contributed by atoms with van der Waals surface area (Å²) in [5.74, 6) is -1.12. The van der Waals surface area contributed by atoms with Gasteiger partial charge in [0.2, 0.25) is 0 Å². The number of fused-ring (bicyclic) bond motifs is 1. The number of ether oxygens (including phenoxy) is 1. The van der Waals surface area contributed by atoms with E-state index in [2.05, 4.69) is 15.9 Å². The highest BCUT2D eigenvalue weighted by molar-refractivity contribution is 6.42. The van der Waals surface area contributed by atoms with Crippen LogP contribution < -0.4 is 15.7 Å². The zero-order chi connectivity index (χ0) is 24.1. The van der Waals surface area contributed by atoms with Gasteiger partial charge >= 0.3 is 12.1 Å². The van der Waals surface area contributed by atoms with E-state index in [1.807, 2.05) is 0 Å². The Kier molecular flexibility index (Phi) is 5.70. The Morgan fingerprint density at radius 2 is 1.76 bits per heavy atom. The number of hydrogen-bond donors (Lipinski definition) is 3. The average molecular weight is 515 g/mol. The first-order chi connectivity index (χ1) is 16.1. The number of nitrogens with zero attached hydrogens (tertiary/aromatic N) is 1. The SMILES string of the molecule is O=C(N1CC2(CC(Oc3ccc(NONc4ccc(Cl)c5c(Cl)c[nH]c45)cc3)C2)C1)C(F)(F)F. The molecule has 0 bridgehead atoms. The molecule has 3 aromatic rings. The van der Waals surface area contributed by atoms with Gasteiger partial charge in [0.15, 0.2) is 0 Å². The number of amides is 1. The predicted octanol–water partition coefficient (Wildman–Crippen LogP) is 5.78. The fourth-order valence-electron chi connectivity index (χ4n) is 4.52. The number of carbonyl (C=O) groups is 1. The predicted molar refractivity (Wildman–Crippen MR) is 122 cm³/mol. The van der Waals surface area contributed by atoms with Crippen LogP contribution in [0.3, 0.4) is 0 Å². The number of nitrogens with one attached hydrogen (secondary N) is 3. The number of anilines is 2. The summed E-state index contributed by atoms with van der Waals surface area (Å²) in [6, 6.07) is 10.5. The van der Waals surface area contributed by atoms with Crippen LogP contribution in [-0.4, -0.2) is 41.2 Å². The molecule has 5 rings (SSSR count). The van der Waals surface area contributed by atoms with Crippen molar-refractivity contribution in [3.63, 3.8) is 0 Å². The van der Waals surface area contributed by atoms with Gasteiger partial charge in [0.1, 0.15) is 11.9 Å². The number of H-pyrrole nitrogens is 1. The zero-order valence-corrected chi connectivity index (χ0v) is 19.0. The number of rotatable bonds is 6. The van der Waals surface area contributed by atoms with Crippen LogP contribution >= 0.6 is 23.2 Å². The molecule has 1 saturated heterocycles. The minimum Gasteiger partial charge on any atom is -0.490 e. The van der Waals surface area contributed by atoms with Gasteiger partial charge in [-0.25, -0.2) is 11.0 Å². The van der Waals surface area contributed by atoms with Crippen molar-refractivity contribution in [2.45, 2.75) is 25.1 Å². The Balaban J connectivity index is 1.08. The summed E-state index contributed by atoms with van der Waals surface area (Å²) in [5, 5.41) is 1.73. The van der Waals surface area contributed by atoms with E-state index in [1.54, 1.807) is 42.6 Å². The van der Waals surface area contributed by atoms with Gasteiger partial charge in [-0.1, -0.05) is 23.2 Å². The molecule has 1 amide bonds. The molecule has 12 heteroatoms. The smallest absolute Gasteiger partial charge is 0.471 e. The summed E-state index contributed by atoms with van der Waals surface area (Å²) in [7, 11) is 0. The standard InChI is InChI=1S/C22H19Cl2F3N4O3/c23-15-5-6-17(19-18(15)16(24)9-28-19)30-34-29-12-1-3-13(4-2-12)33-14-7-21(8-14)10-31(11-21)20(32)22(25,26)27/h1-6,9,14,28-30H,7-8,10-11H2. The van der Waals surface area contributed by atoms with Gasteiger partial charge in [-0.05, 0) is 49.2 Å². The number of alkyl halides is 3. The Labute approximate surface area is 202 Å². The molecule has 1 aliphatic carbocycles. The molecular formula is C22H19Cl2F3N4O3. The van der Waals surface area contributed by atoms with Crippen molar-refractivity contribution < 1.29 is 27.6 Å². The Morgan fingerprint density at radius 1 is 1.06 bits per heavy atom. The average Bonchev–Trinajstić information content (AvgIpc) is 3.13. The minimum absolute atomic E-state index is 0.0835. The monoisotopic (exact) mass is 514 g/mol. The second-order valence-corrected chi connectivity index (χ2v) is 9.43. The first-order valence-corrected chi connectivity index (χ1v) is 11.1. The molecule has 0 unspecified atom stereocenters. The maximum atomic E-state index is 12.5. The van der Waals surface area contributed by atoms with Crippen molar-refractivity contribution in [1.82, 2.24) is 9.88 Å². The highest BCUT2D eigenvalue weighted by atomic mass is 35.5. The van der Waals surface area contributed by atoms with Crippen molar-refractivity contribution in [3.8, 4) is 5.75 Å². The third-order valence-electron chi connectivity index (χ3n) is 6.13. The molecule has 2 aromatic carbocycles. The molecule has 2 heterocycles. The lowest BCUT2D eigenvalue weighted by molar-refractivity contribution is -0.205. The van der Waals surface area contributed by atoms with Crippen LogP contribution in [-0.2, 0) is 9.73 Å². The van der Waals surface area contributed by atoms with Crippen molar-refractivity contribution in [2.24, 2.45) is 5.41 Å². The normalized spacial score (nSPS) is 17.4. The van der Waals surface area contributed by atoms with E-state index in [0.29, 0.717) is 50.9 Å². The van der Waals surface area contributed by atoms with E-state index in [4.69, 9.17) is 32.9 Å². The molecule has 180 valence electrons. The van der Waals surface area contributed by atoms with E-state index in [1.165, 1.54) is 0 Å². The summed E-state index contributed by atoms with van der Waals surface area (Å²) in [6.45, 7) is 0.264. The molecular weight excluding hydrogens is 496 g/mol. The highest BCUT2D eigenvalue weighted by Gasteiger charge is 2.58. The second-order valence-electron chi connectivity index (χ2n) is 8.62. The lowest BCUT2D eigenvalue weighted by Crippen LogP contribution is -2.67. The van der Waals surface area contributed by atoms with Crippen LogP contribution in [0.15, 0.2) is 42.6 Å². The number of benzene rings is 2. The number of carbonyl (C=O) groups excluding carboxylic acids is 1. The molecule has 1 aromatic heterocycles. The summed E-state index contributed by atoms with van der Waals surface area (Å²) in [6.07, 6.45) is -2.00. The maximum Gasteiger partial charge on any atom is 0.471 e. The van der Waals surface area contributed by atoms with Gasteiger partial charge in [-0.3, -0.25) is 4.79 Å². The van der Waals surface area contributed by atoms with Crippen LogP contribution in [0.5, 0.6) is 5.75 Å². The summed E-state index contributed by atoms with van der Waals surface area (Å²) >= 11 is 12.3. The molecule has 1 saturated carbocycles. The van der Waals surface area contributed by atoms with Crippen LogP contribution in [0.1, 0.15) is 12.8 Å². The van der Waals surface area contributed by atoms with Crippen molar-refractivity contribution in [2.75, 3.05) is 24.0 Å². The minimum atomic E-state index is -4.81. The molecule has 3 N–H and O–H groups in total. The van der Waals surface area contributed by atoms with Crippen LogP contribution in [0.4, 0.5) is 24.5 Å². The third kappa shape index (κ3) is 4.33. The number of hydrogen-bond acceptors (Lipinski definition) is 5. The number of likely N-dealkylation sites (tertiary alicyclic amines) is 1. The van der Waals surface area contributed by atoms with E-state index < -0.39 is 12.1 Å². The molecule has 34 heavy (non-hydrogen) atoms. The zero-order valence-electron chi connectivity index (χ0n) is 17.5. The molecule has 2 aliphatic rings. The van der Waals surface area contributed by atoms with Gasteiger partial charge in [-0.2, -0.15) is 18.1 Å². The number of halogens is 5.